The van der Waals surface area contributed by atoms with E-state index in [2.05, 4.69) is 24.4 Å². The minimum Gasteiger partial charge on any atom is -0.345 e. The number of carbonyl (C=O) groups excluding carboxylic acids is 1. The number of nitrogens with one attached hydrogen (secondary N) is 1. The second kappa shape index (κ2) is 10.1. The van der Waals surface area contributed by atoms with E-state index in [-0.39, 0.29) is 11.9 Å². The first-order valence-electron chi connectivity index (χ1n) is 11.2. The van der Waals surface area contributed by atoms with Crippen LogP contribution >= 0.6 is 0 Å². The fraction of sp³-hybridized carbons (Fsp3) is 0.214. The lowest BCUT2D eigenvalue weighted by atomic mass is 9.99. The largest absolute Gasteiger partial charge is 0.345 e. The Morgan fingerprint density at radius 3 is 2.12 bits per heavy atom. The molecule has 0 aliphatic carbocycles. The number of unbranched alkanes of at least 4 members (excludes halogenated alkanes) is 1. The van der Waals surface area contributed by atoms with Gasteiger partial charge < -0.3 is 5.32 Å². The molecule has 0 saturated heterocycles. The molecule has 4 aromatic rings. The lowest BCUT2D eigenvalue weighted by molar-refractivity contribution is 0.0934. The quantitative estimate of drug-likeness (QED) is 0.351. The average Bonchev–Trinajstić information content (AvgIpc) is 3.20. The zero-order valence-electron chi connectivity index (χ0n) is 18.7. The summed E-state index contributed by atoms with van der Waals surface area (Å²) in [5.41, 5.74) is 5.15. The molecule has 0 saturated carbocycles. The minimum absolute atomic E-state index is 0.0354. The van der Waals surface area contributed by atoms with E-state index in [0.717, 1.165) is 41.8 Å². The molecular weight excluding hydrogens is 394 g/mol. The van der Waals surface area contributed by atoms with Gasteiger partial charge in [-0.25, -0.2) is 4.68 Å². The maximum absolute atomic E-state index is 13.7. The van der Waals surface area contributed by atoms with E-state index in [1.54, 1.807) is 0 Å². The third kappa shape index (κ3) is 4.65. The van der Waals surface area contributed by atoms with Crippen LogP contribution in [-0.2, 0) is 0 Å². The highest BCUT2D eigenvalue weighted by molar-refractivity contribution is 6.01. The first-order valence-corrected chi connectivity index (χ1v) is 11.2. The maximum atomic E-state index is 13.7. The molecule has 0 bridgehead atoms. The number of carbonyl (C=O) groups is 1. The molecule has 4 rings (SSSR count). The van der Waals surface area contributed by atoms with E-state index >= 15 is 0 Å². The molecule has 1 amide bonds. The first-order chi connectivity index (χ1) is 15.7. The standard InChI is InChI=1S/C28H29N3O/c1-3-4-20-25(22-14-8-5-9-15-22)29-28(32)26-21(2)31(24-18-12-7-13-19-24)30-27(26)23-16-10-6-11-17-23/h5-19,25H,3-4,20H2,1-2H3,(H,29,32). The second-order valence-corrected chi connectivity index (χ2v) is 8.00. The van der Waals surface area contributed by atoms with E-state index < -0.39 is 0 Å². The van der Waals surface area contributed by atoms with Gasteiger partial charge in [0.15, 0.2) is 0 Å². The number of para-hydroxylation sites is 1. The smallest absolute Gasteiger partial charge is 0.255 e. The molecule has 1 unspecified atom stereocenters. The van der Waals surface area contributed by atoms with Crippen molar-refractivity contribution in [2.24, 2.45) is 0 Å². The molecule has 4 nitrogen and oxygen atoms in total. The molecule has 0 spiro atoms. The summed E-state index contributed by atoms with van der Waals surface area (Å²) in [6, 6.07) is 30.0. The van der Waals surface area contributed by atoms with Gasteiger partial charge in [-0.1, -0.05) is 98.6 Å². The van der Waals surface area contributed by atoms with Crippen molar-refractivity contribution < 1.29 is 4.79 Å². The number of rotatable bonds is 8. The van der Waals surface area contributed by atoms with Crippen LogP contribution in [0, 0.1) is 6.92 Å². The molecule has 32 heavy (non-hydrogen) atoms. The predicted molar refractivity (Wildman–Crippen MR) is 130 cm³/mol. The zero-order valence-corrected chi connectivity index (χ0v) is 18.7. The van der Waals surface area contributed by atoms with Gasteiger partial charge in [0.2, 0.25) is 0 Å². The summed E-state index contributed by atoms with van der Waals surface area (Å²) in [4.78, 5) is 13.7. The molecule has 0 fully saturated rings. The third-order valence-corrected chi connectivity index (χ3v) is 5.74. The van der Waals surface area contributed by atoms with Gasteiger partial charge >= 0.3 is 0 Å². The van der Waals surface area contributed by atoms with Crippen molar-refractivity contribution in [3.63, 3.8) is 0 Å². The Kier molecular flexibility index (Phi) is 6.81. The van der Waals surface area contributed by atoms with Crippen LogP contribution in [-0.4, -0.2) is 15.7 Å². The molecule has 162 valence electrons. The van der Waals surface area contributed by atoms with E-state index in [1.165, 1.54) is 0 Å². The summed E-state index contributed by atoms with van der Waals surface area (Å²) < 4.78 is 1.86. The lowest BCUT2D eigenvalue weighted by Gasteiger charge is -2.19. The highest BCUT2D eigenvalue weighted by Crippen LogP contribution is 2.28. The van der Waals surface area contributed by atoms with Gasteiger partial charge in [0.1, 0.15) is 5.69 Å². The molecule has 0 aliphatic rings. The summed E-state index contributed by atoms with van der Waals surface area (Å²) in [6.45, 7) is 4.14. The van der Waals surface area contributed by atoms with Crippen molar-refractivity contribution in [1.82, 2.24) is 15.1 Å². The van der Waals surface area contributed by atoms with E-state index in [9.17, 15) is 4.79 Å². The zero-order chi connectivity index (χ0) is 22.3. The molecule has 3 aromatic carbocycles. The Bertz CT molecular complexity index is 1150. The number of hydrogen-bond donors (Lipinski definition) is 1. The van der Waals surface area contributed by atoms with Crippen LogP contribution in [0.4, 0.5) is 0 Å². The van der Waals surface area contributed by atoms with Crippen molar-refractivity contribution in [2.75, 3.05) is 0 Å². The minimum atomic E-state index is -0.0894. The van der Waals surface area contributed by atoms with Crippen molar-refractivity contribution in [1.29, 1.82) is 0 Å². The second-order valence-electron chi connectivity index (χ2n) is 8.00. The third-order valence-electron chi connectivity index (χ3n) is 5.74. The van der Waals surface area contributed by atoms with Crippen LogP contribution in [0.25, 0.3) is 16.9 Å². The number of hydrogen-bond acceptors (Lipinski definition) is 2. The maximum Gasteiger partial charge on any atom is 0.255 e. The number of amides is 1. The lowest BCUT2D eigenvalue weighted by Crippen LogP contribution is -2.29. The Balaban J connectivity index is 1.75. The van der Waals surface area contributed by atoms with Crippen LogP contribution in [0.5, 0.6) is 0 Å². The molecule has 4 heteroatoms. The van der Waals surface area contributed by atoms with Crippen LogP contribution < -0.4 is 5.32 Å². The summed E-state index contributed by atoms with van der Waals surface area (Å²) in [5, 5.41) is 8.18. The predicted octanol–water partition coefficient (Wildman–Crippen LogP) is 6.51. The number of benzene rings is 3. The summed E-state index contributed by atoms with van der Waals surface area (Å²) >= 11 is 0. The molecule has 1 N–H and O–H groups in total. The molecule has 1 atom stereocenters. The van der Waals surface area contributed by atoms with Gasteiger partial charge in [0.05, 0.1) is 23.0 Å². The normalized spacial score (nSPS) is 11.8. The van der Waals surface area contributed by atoms with E-state index in [0.29, 0.717) is 11.3 Å². The van der Waals surface area contributed by atoms with Crippen molar-refractivity contribution >= 4 is 5.91 Å². The van der Waals surface area contributed by atoms with Crippen molar-refractivity contribution in [2.45, 2.75) is 39.2 Å². The van der Waals surface area contributed by atoms with Gasteiger partial charge in [-0.15, -0.1) is 0 Å². The van der Waals surface area contributed by atoms with Gasteiger partial charge in [0, 0.05) is 5.56 Å². The Hall–Kier alpha value is -3.66. The van der Waals surface area contributed by atoms with Crippen LogP contribution in [0.1, 0.15) is 53.8 Å². The fourth-order valence-electron chi connectivity index (χ4n) is 4.04. The van der Waals surface area contributed by atoms with Gasteiger partial charge in [0.25, 0.3) is 5.91 Å². The summed E-state index contributed by atoms with van der Waals surface area (Å²) in [5.74, 6) is -0.0894. The van der Waals surface area contributed by atoms with Gasteiger partial charge in [-0.2, -0.15) is 5.10 Å². The van der Waals surface area contributed by atoms with Crippen LogP contribution in [0.2, 0.25) is 0 Å². The van der Waals surface area contributed by atoms with Crippen LogP contribution in [0.3, 0.4) is 0 Å². The highest BCUT2D eigenvalue weighted by Gasteiger charge is 2.25. The van der Waals surface area contributed by atoms with E-state index in [4.69, 9.17) is 5.10 Å². The molecule has 0 aliphatic heterocycles. The van der Waals surface area contributed by atoms with Crippen molar-refractivity contribution in [3.8, 4) is 16.9 Å². The number of nitrogens with zero attached hydrogens (tertiary/aromatic N) is 2. The SMILES string of the molecule is CCCCC(NC(=O)c1c(-c2ccccc2)nn(-c2ccccc2)c1C)c1ccccc1. The highest BCUT2D eigenvalue weighted by atomic mass is 16.1. The Morgan fingerprint density at radius 2 is 1.50 bits per heavy atom. The topological polar surface area (TPSA) is 46.9 Å². The molecule has 1 heterocycles. The van der Waals surface area contributed by atoms with Gasteiger partial charge in [-0.05, 0) is 31.0 Å². The van der Waals surface area contributed by atoms with Crippen molar-refractivity contribution in [3.05, 3.63) is 108 Å². The van der Waals surface area contributed by atoms with Crippen LogP contribution in [0.15, 0.2) is 91.0 Å². The fourth-order valence-corrected chi connectivity index (χ4v) is 4.04. The molecule has 0 radical (unpaired) electrons. The van der Waals surface area contributed by atoms with Gasteiger partial charge in [-0.3, -0.25) is 4.79 Å². The first kappa shape index (κ1) is 21.6. The Labute approximate surface area is 189 Å². The monoisotopic (exact) mass is 423 g/mol. The molecule has 1 aromatic heterocycles. The summed E-state index contributed by atoms with van der Waals surface area (Å²) in [6.07, 6.45) is 3.03. The number of aromatic nitrogens is 2. The average molecular weight is 424 g/mol. The summed E-state index contributed by atoms with van der Waals surface area (Å²) in [7, 11) is 0. The Morgan fingerprint density at radius 1 is 0.906 bits per heavy atom. The molecular formula is C28H29N3O. The van der Waals surface area contributed by atoms with E-state index in [1.807, 2.05) is 90.5 Å².